The highest BCUT2D eigenvalue weighted by molar-refractivity contribution is 5.94. The molecule has 0 atom stereocenters. The number of esters is 1. The van der Waals surface area contributed by atoms with Crippen molar-refractivity contribution < 1.29 is 28.2 Å². The first-order valence-electron chi connectivity index (χ1n) is 12.6. The van der Waals surface area contributed by atoms with E-state index in [9.17, 15) is 23.5 Å². The van der Waals surface area contributed by atoms with Crippen molar-refractivity contribution in [2.45, 2.75) is 26.0 Å². The van der Waals surface area contributed by atoms with Crippen LogP contribution < -0.4 is 5.32 Å². The SMILES string of the molecule is O=C(CCc1c2c(F)cccc2c(O)n1Cc1ccc(F)cc1)Nc1ccc(C(=O)OCc2ccccc2)cn1. The van der Waals surface area contributed by atoms with E-state index in [0.29, 0.717) is 16.6 Å². The predicted molar refractivity (Wildman–Crippen MR) is 146 cm³/mol. The minimum absolute atomic E-state index is 0.0289. The van der Waals surface area contributed by atoms with Gasteiger partial charge in [-0.05, 0) is 53.9 Å². The van der Waals surface area contributed by atoms with Gasteiger partial charge in [0.15, 0.2) is 5.88 Å². The number of hydrogen-bond acceptors (Lipinski definition) is 5. The van der Waals surface area contributed by atoms with Gasteiger partial charge in [-0.25, -0.2) is 18.6 Å². The van der Waals surface area contributed by atoms with Crippen LogP contribution in [0.3, 0.4) is 0 Å². The Labute approximate surface area is 228 Å². The number of nitrogens with one attached hydrogen (secondary N) is 1. The lowest BCUT2D eigenvalue weighted by atomic mass is 10.1. The number of aromatic hydroxyl groups is 1. The number of fused-ring (bicyclic) bond motifs is 1. The quantitative estimate of drug-likeness (QED) is 0.224. The minimum Gasteiger partial charge on any atom is -0.494 e. The first kappa shape index (κ1) is 26.6. The average Bonchev–Trinajstić information content (AvgIpc) is 3.24. The zero-order valence-electron chi connectivity index (χ0n) is 21.3. The molecule has 9 heteroatoms. The summed E-state index contributed by atoms with van der Waals surface area (Å²) in [6.07, 6.45) is 1.41. The fourth-order valence-corrected chi connectivity index (χ4v) is 4.45. The van der Waals surface area contributed by atoms with Crippen LogP contribution >= 0.6 is 0 Å². The summed E-state index contributed by atoms with van der Waals surface area (Å²) in [7, 11) is 0. The first-order chi connectivity index (χ1) is 19.4. The highest BCUT2D eigenvalue weighted by atomic mass is 19.1. The fraction of sp³-hybridized carbons (Fsp3) is 0.129. The van der Waals surface area contributed by atoms with Crippen LogP contribution in [0.2, 0.25) is 0 Å². The second-order valence-corrected chi connectivity index (χ2v) is 9.19. The average molecular weight is 542 g/mol. The molecular weight excluding hydrogens is 516 g/mol. The van der Waals surface area contributed by atoms with Crippen LogP contribution in [0.25, 0.3) is 10.8 Å². The number of halogens is 2. The highest BCUT2D eigenvalue weighted by Gasteiger charge is 2.20. The highest BCUT2D eigenvalue weighted by Crippen LogP contribution is 2.35. The van der Waals surface area contributed by atoms with Crippen LogP contribution in [0, 0.1) is 11.6 Å². The summed E-state index contributed by atoms with van der Waals surface area (Å²) in [4.78, 5) is 29.2. The van der Waals surface area contributed by atoms with Gasteiger partial charge in [0, 0.05) is 29.1 Å². The van der Waals surface area contributed by atoms with Gasteiger partial charge in [0.2, 0.25) is 5.91 Å². The van der Waals surface area contributed by atoms with E-state index in [4.69, 9.17) is 4.74 Å². The molecule has 7 nitrogen and oxygen atoms in total. The maximum absolute atomic E-state index is 14.8. The number of ether oxygens (including phenoxy) is 1. The van der Waals surface area contributed by atoms with Gasteiger partial charge in [0.1, 0.15) is 24.1 Å². The number of hydrogen-bond donors (Lipinski definition) is 2. The molecule has 3 aromatic carbocycles. The maximum atomic E-state index is 14.8. The molecule has 2 aromatic heterocycles. The summed E-state index contributed by atoms with van der Waals surface area (Å²) in [6.45, 7) is 0.298. The van der Waals surface area contributed by atoms with Gasteiger partial charge in [-0.15, -0.1) is 0 Å². The Bertz CT molecular complexity index is 1650. The van der Waals surface area contributed by atoms with E-state index in [1.165, 1.54) is 47.2 Å². The zero-order chi connectivity index (χ0) is 28.1. The Kier molecular flexibility index (Phi) is 7.82. The number of nitrogens with zero attached hydrogens (tertiary/aromatic N) is 2. The monoisotopic (exact) mass is 541 g/mol. The number of benzene rings is 3. The van der Waals surface area contributed by atoms with Gasteiger partial charge in [-0.1, -0.05) is 48.5 Å². The van der Waals surface area contributed by atoms with Crippen molar-refractivity contribution >= 4 is 28.5 Å². The molecule has 0 saturated carbocycles. The largest absolute Gasteiger partial charge is 0.494 e. The molecule has 2 N–H and O–H groups in total. The third-order valence-corrected chi connectivity index (χ3v) is 6.45. The second kappa shape index (κ2) is 11.8. The van der Waals surface area contributed by atoms with Crippen molar-refractivity contribution in [2.24, 2.45) is 0 Å². The number of carbonyl (C=O) groups is 2. The van der Waals surface area contributed by atoms with Crippen molar-refractivity contribution in [3.8, 4) is 5.88 Å². The normalized spacial score (nSPS) is 10.9. The van der Waals surface area contributed by atoms with Gasteiger partial charge in [-0.2, -0.15) is 0 Å². The number of anilines is 1. The first-order valence-corrected chi connectivity index (χ1v) is 12.6. The molecule has 0 aliphatic carbocycles. The van der Waals surface area contributed by atoms with E-state index >= 15 is 0 Å². The summed E-state index contributed by atoms with van der Waals surface area (Å²) in [5.74, 6) is -1.72. The molecule has 1 amide bonds. The summed E-state index contributed by atoms with van der Waals surface area (Å²) in [5.41, 5.74) is 2.24. The van der Waals surface area contributed by atoms with Crippen molar-refractivity contribution in [3.63, 3.8) is 0 Å². The predicted octanol–water partition coefficient (Wildman–Crippen LogP) is 6.00. The van der Waals surface area contributed by atoms with Crippen LogP contribution in [0.5, 0.6) is 5.88 Å². The summed E-state index contributed by atoms with van der Waals surface area (Å²) in [5, 5.41) is 14.1. The van der Waals surface area contributed by atoms with E-state index in [1.54, 1.807) is 18.2 Å². The van der Waals surface area contributed by atoms with Crippen LogP contribution in [0.15, 0.2) is 91.1 Å². The van der Waals surface area contributed by atoms with E-state index < -0.39 is 11.8 Å². The van der Waals surface area contributed by atoms with Crippen LogP contribution in [-0.2, 0) is 29.1 Å². The van der Waals surface area contributed by atoms with E-state index in [-0.39, 0.29) is 60.4 Å². The van der Waals surface area contributed by atoms with Crippen LogP contribution in [0.4, 0.5) is 14.6 Å². The number of amides is 1. The Balaban J connectivity index is 1.25. The number of aromatic nitrogens is 2. The molecule has 0 unspecified atom stereocenters. The summed E-state index contributed by atoms with van der Waals surface area (Å²) >= 11 is 0. The van der Waals surface area contributed by atoms with E-state index in [0.717, 1.165) is 5.56 Å². The Morgan fingerprint density at radius 1 is 0.900 bits per heavy atom. The Morgan fingerprint density at radius 2 is 1.68 bits per heavy atom. The number of carbonyl (C=O) groups excluding carboxylic acids is 2. The molecule has 0 aliphatic rings. The van der Waals surface area contributed by atoms with Gasteiger partial charge in [0.25, 0.3) is 0 Å². The van der Waals surface area contributed by atoms with E-state index in [1.807, 2.05) is 30.3 Å². The molecule has 0 spiro atoms. The molecule has 0 radical (unpaired) electrons. The smallest absolute Gasteiger partial charge is 0.340 e. The lowest BCUT2D eigenvalue weighted by Gasteiger charge is -2.12. The van der Waals surface area contributed by atoms with Crippen molar-refractivity contribution in [3.05, 3.63) is 125 Å². The van der Waals surface area contributed by atoms with Gasteiger partial charge in [0.05, 0.1) is 12.1 Å². The molecule has 0 bridgehead atoms. The topological polar surface area (TPSA) is 93.5 Å². The van der Waals surface area contributed by atoms with Crippen molar-refractivity contribution in [2.75, 3.05) is 5.32 Å². The Morgan fingerprint density at radius 3 is 2.40 bits per heavy atom. The van der Waals surface area contributed by atoms with Crippen LogP contribution in [-0.4, -0.2) is 26.5 Å². The minimum atomic E-state index is -0.537. The molecule has 2 heterocycles. The maximum Gasteiger partial charge on any atom is 0.340 e. The lowest BCUT2D eigenvalue weighted by molar-refractivity contribution is -0.116. The van der Waals surface area contributed by atoms with Gasteiger partial charge in [-0.3, -0.25) is 4.79 Å². The summed E-state index contributed by atoms with van der Waals surface area (Å²) < 4.78 is 35.0. The molecular formula is C31H25F2N3O4. The number of rotatable bonds is 9. The number of pyridine rings is 1. The summed E-state index contributed by atoms with van der Waals surface area (Å²) in [6, 6.07) is 22.5. The molecule has 0 fully saturated rings. The van der Waals surface area contributed by atoms with Crippen molar-refractivity contribution in [1.29, 1.82) is 0 Å². The Hall–Kier alpha value is -5.05. The van der Waals surface area contributed by atoms with Gasteiger partial charge >= 0.3 is 5.97 Å². The molecule has 40 heavy (non-hydrogen) atoms. The molecule has 5 aromatic rings. The molecule has 202 valence electrons. The van der Waals surface area contributed by atoms with Crippen molar-refractivity contribution in [1.82, 2.24) is 9.55 Å². The van der Waals surface area contributed by atoms with Crippen LogP contribution in [0.1, 0.15) is 33.6 Å². The fourth-order valence-electron chi connectivity index (χ4n) is 4.45. The molecule has 0 aliphatic heterocycles. The molecule has 5 rings (SSSR count). The second-order valence-electron chi connectivity index (χ2n) is 9.19. The number of aryl methyl sites for hydroxylation is 1. The standard InChI is InChI=1S/C31H25F2N3O4/c32-23-12-9-20(10-13-23)18-36-26(29-24(30(36)38)7-4-8-25(29)33)14-16-28(37)35-27-15-11-22(17-34-27)31(39)40-19-21-5-2-1-3-6-21/h1-13,15,17,38H,14,16,18-19H2,(H,34,35,37). The third-order valence-electron chi connectivity index (χ3n) is 6.45. The lowest BCUT2D eigenvalue weighted by Crippen LogP contribution is -2.15. The van der Waals surface area contributed by atoms with E-state index in [2.05, 4.69) is 10.3 Å². The third kappa shape index (κ3) is 5.99. The van der Waals surface area contributed by atoms with Gasteiger partial charge < -0.3 is 19.7 Å². The zero-order valence-corrected chi connectivity index (χ0v) is 21.3. The molecule has 0 saturated heterocycles.